The van der Waals surface area contributed by atoms with Gasteiger partial charge in [-0.3, -0.25) is 0 Å². The molecule has 0 aliphatic carbocycles. The number of nitrogens with one attached hydrogen (secondary N) is 1. The summed E-state index contributed by atoms with van der Waals surface area (Å²) in [4.78, 5) is 2.56. The van der Waals surface area contributed by atoms with E-state index in [1.807, 2.05) is 0 Å². The van der Waals surface area contributed by atoms with E-state index in [-0.39, 0.29) is 0 Å². The van der Waals surface area contributed by atoms with E-state index in [0.29, 0.717) is 17.4 Å². The van der Waals surface area contributed by atoms with Crippen LogP contribution in [-0.4, -0.2) is 50.8 Å². The highest BCUT2D eigenvalue weighted by Crippen LogP contribution is 2.22. The second-order valence-electron chi connectivity index (χ2n) is 6.82. The Hall–Kier alpha value is -0.120. The maximum atomic E-state index is 5.24. The zero-order chi connectivity index (χ0) is 14.9. The smallest absolute Gasteiger partial charge is 0.0589 e. The highest BCUT2D eigenvalue weighted by Gasteiger charge is 2.25. The minimum absolute atomic E-state index is 0.340. The van der Waals surface area contributed by atoms with Crippen molar-refractivity contribution < 1.29 is 4.74 Å². The van der Waals surface area contributed by atoms with E-state index in [9.17, 15) is 0 Å². The van der Waals surface area contributed by atoms with E-state index >= 15 is 0 Å². The van der Waals surface area contributed by atoms with Gasteiger partial charge in [0.05, 0.1) is 6.61 Å². The molecule has 0 rings (SSSR count). The van der Waals surface area contributed by atoms with Crippen molar-refractivity contribution in [3.05, 3.63) is 0 Å². The summed E-state index contributed by atoms with van der Waals surface area (Å²) in [5, 5.41) is 3.59. The van der Waals surface area contributed by atoms with Gasteiger partial charge in [-0.2, -0.15) is 0 Å². The Kier molecular flexibility index (Phi) is 9.67. The normalized spacial score (nSPS) is 15.5. The van der Waals surface area contributed by atoms with Crippen LogP contribution in [0.4, 0.5) is 0 Å². The molecular weight excluding hydrogens is 236 g/mol. The molecule has 19 heavy (non-hydrogen) atoms. The number of ether oxygens (including phenoxy) is 1. The Morgan fingerprint density at radius 3 is 2.26 bits per heavy atom. The minimum atomic E-state index is 0.340. The van der Waals surface area contributed by atoms with Crippen molar-refractivity contribution in [2.45, 2.75) is 54.0 Å². The molecule has 0 aromatic rings. The number of hydrogen-bond acceptors (Lipinski definition) is 3. The molecule has 3 nitrogen and oxygen atoms in total. The van der Waals surface area contributed by atoms with Crippen LogP contribution in [0.2, 0.25) is 0 Å². The third kappa shape index (κ3) is 9.42. The molecule has 0 aromatic heterocycles. The summed E-state index contributed by atoms with van der Waals surface area (Å²) < 4.78 is 5.24. The van der Waals surface area contributed by atoms with Crippen molar-refractivity contribution in [2.75, 3.05) is 39.9 Å². The molecule has 0 aliphatic heterocycles. The average Bonchev–Trinajstić information content (AvgIpc) is 2.33. The Morgan fingerprint density at radius 1 is 1.21 bits per heavy atom. The Labute approximate surface area is 121 Å². The van der Waals surface area contributed by atoms with Gasteiger partial charge in [-0.05, 0) is 17.8 Å². The Bertz CT molecular complexity index is 219. The maximum Gasteiger partial charge on any atom is 0.0589 e. The van der Waals surface area contributed by atoms with Gasteiger partial charge in [0, 0.05) is 39.3 Å². The third-order valence-electron chi connectivity index (χ3n) is 3.63. The molecule has 0 radical (unpaired) electrons. The molecule has 0 amide bonds. The lowest BCUT2D eigenvalue weighted by atomic mass is 9.86. The largest absolute Gasteiger partial charge is 0.383 e. The van der Waals surface area contributed by atoms with Crippen LogP contribution in [-0.2, 0) is 4.74 Å². The van der Waals surface area contributed by atoms with Gasteiger partial charge in [0.2, 0.25) is 0 Å². The van der Waals surface area contributed by atoms with Crippen LogP contribution in [0.3, 0.4) is 0 Å². The predicted octanol–water partition coefficient (Wildman–Crippen LogP) is 3.01. The summed E-state index contributed by atoms with van der Waals surface area (Å²) >= 11 is 0. The molecule has 0 saturated heterocycles. The van der Waals surface area contributed by atoms with E-state index in [2.05, 4.69) is 51.8 Å². The van der Waals surface area contributed by atoms with Gasteiger partial charge in [-0.25, -0.2) is 0 Å². The van der Waals surface area contributed by atoms with Crippen LogP contribution in [0.5, 0.6) is 0 Å². The molecule has 1 atom stereocenters. The SMILES string of the molecule is CCC(C)(CNC(C)C)CN(CCOC)CC(C)C. The quantitative estimate of drug-likeness (QED) is 0.626. The molecule has 116 valence electrons. The highest BCUT2D eigenvalue weighted by molar-refractivity contribution is 4.81. The van der Waals surface area contributed by atoms with Crippen molar-refractivity contribution in [2.24, 2.45) is 11.3 Å². The first-order valence-corrected chi connectivity index (χ1v) is 7.77. The maximum absolute atomic E-state index is 5.24. The van der Waals surface area contributed by atoms with E-state index in [0.717, 1.165) is 32.8 Å². The zero-order valence-electron chi connectivity index (χ0n) is 14.3. The number of nitrogens with zero attached hydrogens (tertiary/aromatic N) is 1. The zero-order valence-corrected chi connectivity index (χ0v) is 14.3. The van der Waals surface area contributed by atoms with Crippen LogP contribution in [0.1, 0.15) is 48.0 Å². The fourth-order valence-electron chi connectivity index (χ4n) is 2.25. The molecule has 3 heteroatoms. The van der Waals surface area contributed by atoms with Gasteiger partial charge in [0.15, 0.2) is 0 Å². The first-order chi connectivity index (χ1) is 8.83. The second kappa shape index (κ2) is 9.73. The molecule has 1 unspecified atom stereocenters. The lowest BCUT2D eigenvalue weighted by Crippen LogP contribution is -2.45. The fraction of sp³-hybridized carbons (Fsp3) is 1.00. The summed E-state index contributed by atoms with van der Waals surface area (Å²) in [6, 6.07) is 0.559. The lowest BCUT2D eigenvalue weighted by molar-refractivity contribution is 0.0992. The summed E-state index contributed by atoms with van der Waals surface area (Å²) in [7, 11) is 1.78. The fourth-order valence-corrected chi connectivity index (χ4v) is 2.25. The Morgan fingerprint density at radius 2 is 1.84 bits per heavy atom. The summed E-state index contributed by atoms with van der Waals surface area (Å²) in [6.45, 7) is 18.9. The second-order valence-corrected chi connectivity index (χ2v) is 6.82. The molecule has 1 N–H and O–H groups in total. The first kappa shape index (κ1) is 18.9. The van der Waals surface area contributed by atoms with Crippen molar-refractivity contribution >= 4 is 0 Å². The summed E-state index contributed by atoms with van der Waals surface area (Å²) in [5.74, 6) is 0.705. The van der Waals surface area contributed by atoms with E-state index in [1.165, 1.54) is 6.42 Å². The standard InChI is InChI=1S/C16H36N2O/c1-8-16(6,12-17-15(4)5)13-18(9-10-19-7)11-14(2)3/h14-15,17H,8-13H2,1-7H3. The van der Waals surface area contributed by atoms with Gasteiger partial charge in [-0.15, -0.1) is 0 Å². The van der Waals surface area contributed by atoms with Crippen LogP contribution in [0.15, 0.2) is 0 Å². The first-order valence-electron chi connectivity index (χ1n) is 7.77. The van der Waals surface area contributed by atoms with Crippen LogP contribution in [0, 0.1) is 11.3 Å². The highest BCUT2D eigenvalue weighted by atomic mass is 16.5. The van der Waals surface area contributed by atoms with E-state index < -0.39 is 0 Å². The summed E-state index contributed by atoms with van der Waals surface area (Å²) in [5.41, 5.74) is 0.340. The molecule has 0 fully saturated rings. The van der Waals surface area contributed by atoms with E-state index in [4.69, 9.17) is 4.74 Å². The third-order valence-corrected chi connectivity index (χ3v) is 3.63. The minimum Gasteiger partial charge on any atom is -0.383 e. The van der Waals surface area contributed by atoms with Gasteiger partial charge in [0.1, 0.15) is 0 Å². The van der Waals surface area contributed by atoms with Crippen LogP contribution >= 0.6 is 0 Å². The average molecular weight is 272 g/mol. The monoisotopic (exact) mass is 272 g/mol. The Balaban J connectivity index is 4.46. The predicted molar refractivity (Wildman–Crippen MR) is 84.7 cm³/mol. The molecule has 0 spiro atoms. The van der Waals surface area contributed by atoms with Crippen molar-refractivity contribution in [3.8, 4) is 0 Å². The molecule has 0 bridgehead atoms. The summed E-state index contributed by atoms with van der Waals surface area (Å²) in [6.07, 6.45) is 1.20. The topological polar surface area (TPSA) is 24.5 Å². The van der Waals surface area contributed by atoms with E-state index in [1.54, 1.807) is 7.11 Å². The van der Waals surface area contributed by atoms with Gasteiger partial charge in [0.25, 0.3) is 0 Å². The van der Waals surface area contributed by atoms with Crippen molar-refractivity contribution in [3.63, 3.8) is 0 Å². The van der Waals surface area contributed by atoms with Crippen LogP contribution in [0.25, 0.3) is 0 Å². The van der Waals surface area contributed by atoms with Crippen molar-refractivity contribution in [1.29, 1.82) is 0 Å². The number of hydrogen-bond donors (Lipinski definition) is 1. The molecule has 0 saturated carbocycles. The number of rotatable bonds is 11. The number of methoxy groups -OCH3 is 1. The van der Waals surface area contributed by atoms with Gasteiger partial charge in [-0.1, -0.05) is 41.5 Å². The van der Waals surface area contributed by atoms with Gasteiger partial charge < -0.3 is 15.0 Å². The molecular formula is C16H36N2O. The lowest BCUT2D eigenvalue weighted by Gasteiger charge is -2.36. The molecule has 0 heterocycles. The van der Waals surface area contributed by atoms with Crippen molar-refractivity contribution in [1.82, 2.24) is 10.2 Å². The molecule has 0 aromatic carbocycles. The van der Waals surface area contributed by atoms with Gasteiger partial charge >= 0.3 is 0 Å². The molecule has 0 aliphatic rings. The van der Waals surface area contributed by atoms with Crippen LogP contribution < -0.4 is 5.32 Å².